The summed E-state index contributed by atoms with van der Waals surface area (Å²) in [5.74, 6) is 0.468. The van der Waals surface area contributed by atoms with Gasteiger partial charge in [0.1, 0.15) is 12.4 Å². The number of carbonyl (C=O) groups is 2. The van der Waals surface area contributed by atoms with Crippen molar-refractivity contribution >= 4 is 48.6 Å². The number of allylic oxidation sites excluding steroid dienone is 2. The summed E-state index contributed by atoms with van der Waals surface area (Å²) in [6.45, 7) is 19.0. The Balaban J connectivity index is 2.25. The van der Waals surface area contributed by atoms with Gasteiger partial charge in [0.25, 0.3) is 5.91 Å². The molecule has 2 heterocycles. The maximum absolute atomic E-state index is 14.1. The van der Waals surface area contributed by atoms with Crippen LogP contribution in [0.3, 0.4) is 0 Å². The van der Waals surface area contributed by atoms with Crippen molar-refractivity contribution < 1.29 is 23.5 Å². The van der Waals surface area contributed by atoms with Crippen LogP contribution in [0.15, 0.2) is 48.7 Å². The molecule has 2 aliphatic rings. The summed E-state index contributed by atoms with van der Waals surface area (Å²) in [6.07, 6.45) is 7.51. The minimum atomic E-state index is -2.41. The fraction of sp³-hybridized carbons (Fsp3) is 0.517. The first kappa shape index (κ1) is 30.4. The van der Waals surface area contributed by atoms with Crippen molar-refractivity contribution in [1.29, 1.82) is 0 Å². The number of hydrogen-bond donors (Lipinski definition) is 0. The lowest BCUT2D eigenvalue weighted by atomic mass is 10.1. The second-order valence-corrected chi connectivity index (χ2v) is 17.1. The molecule has 0 aliphatic carbocycles. The van der Waals surface area contributed by atoms with Gasteiger partial charge in [-0.2, -0.15) is 0 Å². The average Bonchev–Trinajstić information content (AvgIpc) is 3.23. The van der Waals surface area contributed by atoms with Crippen molar-refractivity contribution in [2.75, 3.05) is 22.5 Å². The van der Waals surface area contributed by atoms with E-state index in [1.807, 2.05) is 38.3 Å². The summed E-state index contributed by atoms with van der Waals surface area (Å²) < 4.78 is 19.7. The third-order valence-electron chi connectivity index (χ3n) is 7.37. The SMILES string of the molecule is C=CCOC(=O)N1c2cc(OCCCI)c(C)cc2C(=O)N2C=C(/C=C/C)C[C@H]2[C@@H]1O[Si](C)(C)C(C)(C)C. The van der Waals surface area contributed by atoms with Crippen LogP contribution in [-0.2, 0) is 9.16 Å². The first-order chi connectivity index (χ1) is 17.9. The molecule has 0 aromatic heterocycles. The molecule has 0 unspecified atom stereocenters. The fourth-order valence-corrected chi connectivity index (χ4v) is 5.87. The van der Waals surface area contributed by atoms with Gasteiger partial charge in [-0.3, -0.25) is 4.79 Å². The van der Waals surface area contributed by atoms with E-state index in [-0.39, 0.29) is 17.6 Å². The van der Waals surface area contributed by atoms with Crippen LogP contribution in [0.4, 0.5) is 10.5 Å². The third kappa shape index (κ3) is 6.36. The van der Waals surface area contributed by atoms with Gasteiger partial charge in [0, 0.05) is 16.7 Å². The average molecular weight is 653 g/mol. The molecule has 38 heavy (non-hydrogen) atoms. The number of rotatable bonds is 9. The number of hydrogen-bond acceptors (Lipinski definition) is 5. The van der Waals surface area contributed by atoms with Gasteiger partial charge in [-0.15, -0.1) is 0 Å². The molecule has 0 fully saturated rings. The summed E-state index contributed by atoms with van der Waals surface area (Å²) >= 11 is 2.32. The molecular weight excluding hydrogens is 611 g/mol. The van der Waals surface area contributed by atoms with Gasteiger partial charge in [0.15, 0.2) is 14.5 Å². The van der Waals surface area contributed by atoms with E-state index in [9.17, 15) is 9.59 Å². The van der Waals surface area contributed by atoms with E-state index in [0.29, 0.717) is 30.0 Å². The zero-order chi connectivity index (χ0) is 28.3. The normalized spacial score (nSPS) is 19.7. The van der Waals surface area contributed by atoms with Gasteiger partial charge in [-0.05, 0) is 62.0 Å². The molecule has 208 valence electrons. The van der Waals surface area contributed by atoms with Crippen LogP contribution in [0, 0.1) is 6.92 Å². The van der Waals surface area contributed by atoms with Crippen LogP contribution >= 0.6 is 22.6 Å². The molecule has 0 spiro atoms. The molecule has 9 heteroatoms. The summed E-state index contributed by atoms with van der Waals surface area (Å²) in [4.78, 5) is 31.1. The standard InChI is InChI=1S/C29H41IN2O5Si/c1-9-12-21-17-24-27(37-38(7,8)29(4,5)6)32(28(34)36-14-10-2)23-18-25(35-15-11-13-30)20(3)16-22(23)26(33)31(24)19-21/h9-10,12,16,18-19,24,27H,2,11,13-15,17H2,1,3-8H3/b12-9+/t24-,27-/m0/s1. The molecule has 2 aliphatic heterocycles. The number of alkyl halides is 1. The number of ether oxygens (including phenoxy) is 2. The molecule has 3 rings (SSSR count). The molecular formula is C29H41IN2O5Si. The zero-order valence-electron chi connectivity index (χ0n) is 23.7. The Kier molecular flexibility index (Phi) is 9.91. The smallest absolute Gasteiger partial charge is 0.416 e. The third-order valence-corrected chi connectivity index (χ3v) is 12.6. The highest BCUT2D eigenvalue weighted by molar-refractivity contribution is 14.1. The summed E-state index contributed by atoms with van der Waals surface area (Å²) in [6, 6.07) is 3.21. The van der Waals surface area contributed by atoms with Crippen molar-refractivity contribution in [3.05, 3.63) is 59.8 Å². The van der Waals surface area contributed by atoms with Crippen molar-refractivity contribution in [1.82, 2.24) is 4.90 Å². The summed E-state index contributed by atoms with van der Waals surface area (Å²) in [5.41, 5.74) is 2.71. The predicted octanol–water partition coefficient (Wildman–Crippen LogP) is 7.36. The number of aryl methyl sites for hydroxylation is 1. The van der Waals surface area contributed by atoms with Crippen molar-refractivity contribution in [3.63, 3.8) is 0 Å². The predicted molar refractivity (Wildman–Crippen MR) is 164 cm³/mol. The molecule has 2 atom stereocenters. The second-order valence-electron chi connectivity index (χ2n) is 11.2. The molecule has 0 radical (unpaired) electrons. The van der Waals surface area contributed by atoms with Gasteiger partial charge in [-0.1, -0.05) is 68.2 Å². The van der Waals surface area contributed by atoms with Gasteiger partial charge in [0.2, 0.25) is 0 Å². The second kappa shape index (κ2) is 12.4. The molecule has 2 amide bonds. The molecule has 0 saturated carbocycles. The van der Waals surface area contributed by atoms with Crippen LogP contribution in [-0.4, -0.2) is 55.1 Å². The Morgan fingerprint density at radius 1 is 1.29 bits per heavy atom. The number of nitrogens with zero attached hydrogens (tertiary/aromatic N) is 2. The van der Waals surface area contributed by atoms with Gasteiger partial charge in [-0.25, -0.2) is 9.69 Å². The largest absolute Gasteiger partial charge is 0.493 e. The number of carbonyl (C=O) groups excluding carboxylic acids is 2. The highest BCUT2D eigenvalue weighted by Gasteiger charge is 2.50. The van der Waals surface area contributed by atoms with E-state index in [0.717, 1.165) is 22.0 Å². The van der Waals surface area contributed by atoms with E-state index in [4.69, 9.17) is 13.9 Å². The Morgan fingerprint density at radius 2 is 2.00 bits per heavy atom. The number of amides is 2. The van der Waals surface area contributed by atoms with Gasteiger partial charge in [0.05, 0.1) is 23.9 Å². The zero-order valence-corrected chi connectivity index (χ0v) is 26.8. The Bertz CT molecular complexity index is 1120. The van der Waals surface area contributed by atoms with Gasteiger partial charge >= 0.3 is 6.09 Å². The maximum Gasteiger partial charge on any atom is 0.416 e. The van der Waals surface area contributed by atoms with E-state index in [1.165, 1.54) is 6.08 Å². The van der Waals surface area contributed by atoms with Crippen LogP contribution in [0.1, 0.15) is 56.5 Å². The number of benzene rings is 1. The molecule has 0 N–H and O–H groups in total. The monoisotopic (exact) mass is 652 g/mol. The van der Waals surface area contributed by atoms with Crippen LogP contribution in [0.5, 0.6) is 5.75 Å². The maximum atomic E-state index is 14.1. The summed E-state index contributed by atoms with van der Waals surface area (Å²) in [5, 5.41) is -0.118. The molecule has 0 saturated heterocycles. The first-order valence-corrected chi connectivity index (χ1v) is 17.5. The highest BCUT2D eigenvalue weighted by Crippen LogP contribution is 2.44. The quantitative estimate of drug-likeness (QED) is 0.0917. The first-order valence-electron chi connectivity index (χ1n) is 13.1. The lowest BCUT2D eigenvalue weighted by molar-refractivity contribution is 0.0589. The van der Waals surface area contributed by atoms with Crippen molar-refractivity contribution in [2.24, 2.45) is 0 Å². The Morgan fingerprint density at radius 3 is 2.61 bits per heavy atom. The minimum Gasteiger partial charge on any atom is -0.493 e. The molecule has 0 bridgehead atoms. The number of halogens is 1. The highest BCUT2D eigenvalue weighted by atomic mass is 127. The lowest BCUT2D eigenvalue weighted by Gasteiger charge is -2.44. The van der Waals surface area contributed by atoms with Crippen LogP contribution in [0.25, 0.3) is 0 Å². The number of fused-ring (bicyclic) bond motifs is 2. The lowest BCUT2D eigenvalue weighted by Crippen LogP contribution is -2.57. The summed E-state index contributed by atoms with van der Waals surface area (Å²) in [7, 11) is -2.41. The van der Waals surface area contributed by atoms with E-state index in [1.54, 1.807) is 15.9 Å². The van der Waals surface area contributed by atoms with Crippen LogP contribution in [0.2, 0.25) is 18.1 Å². The molecule has 1 aromatic rings. The van der Waals surface area contributed by atoms with Crippen LogP contribution < -0.4 is 9.64 Å². The Hall–Kier alpha value is -2.11. The Labute approximate surface area is 242 Å². The molecule has 1 aromatic carbocycles. The van der Waals surface area contributed by atoms with Gasteiger partial charge < -0.3 is 18.8 Å². The number of anilines is 1. The fourth-order valence-electron chi connectivity index (χ4n) is 4.34. The van der Waals surface area contributed by atoms with E-state index in [2.05, 4.69) is 63.0 Å². The van der Waals surface area contributed by atoms with Crippen molar-refractivity contribution in [2.45, 2.75) is 77.9 Å². The van der Waals surface area contributed by atoms with E-state index < -0.39 is 26.7 Å². The topological polar surface area (TPSA) is 68.3 Å². The minimum absolute atomic E-state index is 0.0484. The van der Waals surface area contributed by atoms with E-state index >= 15 is 0 Å². The molecule has 7 nitrogen and oxygen atoms in total. The van der Waals surface area contributed by atoms with Crippen molar-refractivity contribution in [3.8, 4) is 5.75 Å².